The number of carbonyl (C=O) groups excluding carboxylic acids is 1. The predicted octanol–water partition coefficient (Wildman–Crippen LogP) is 2.42. The molecule has 0 saturated carbocycles. The number of amides is 1. The molecule has 1 saturated heterocycles. The maximum absolute atomic E-state index is 13.4. The normalized spacial score (nSPS) is 25.2. The van der Waals surface area contributed by atoms with Crippen molar-refractivity contribution in [1.29, 1.82) is 0 Å². The summed E-state index contributed by atoms with van der Waals surface area (Å²) in [6.45, 7) is 1.07. The summed E-state index contributed by atoms with van der Waals surface area (Å²) in [5.74, 6) is -0.285. The molecule has 0 bridgehead atoms. The van der Waals surface area contributed by atoms with E-state index in [1.165, 1.54) is 17.7 Å². The van der Waals surface area contributed by atoms with Crippen LogP contribution in [0.3, 0.4) is 0 Å². The number of carbonyl (C=O) groups is 1. The van der Waals surface area contributed by atoms with Gasteiger partial charge >= 0.3 is 0 Å². The molecular formula is C20H21FN2O2. The molecule has 1 amide bonds. The highest BCUT2D eigenvalue weighted by Crippen LogP contribution is 2.37. The second-order valence-electron chi connectivity index (χ2n) is 6.65. The maximum Gasteiger partial charge on any atom is 0.252 e. The minimum Gasteiger partial charge on any atom is -0.364 e. The first-order valence-corrected chi connectivity index (χ1v) is 8.66. The number of hydrogen-bond donors (Lipinski definition) is 1. The highest BCUT2D eigenvalue weighted by atomic mass is 19.1. The topological polar surface area (TPSA) is 55.6 Å². The van der Waals surface area contributed by atoms with Crippen molar-refractivity contribution in [2.24, 2.45) is 5.73 Å². The minimum absolute atomic E-state index is 0.00599. The zero-order valence-corrected chi connectivity index (χ0v) is 13.9. The molecule has 2 aromatic rings. The number of rotatable bonds is 3. The smallest absolute Gasteiger partial charge is 0.252 e. The average molecular weight is 340 g/mol. The second kappa shape index (κ2) is 6.58. The van der Waals surface area contributed by atoms with Crippen LogP contribution in [-0.2, 0) is 16.0 Å². The molecule has 2 N–H and O–H groups in total. The van der Waals surface area contributed by atoms with Crippen LogP contribution in [0.15, 0.2) is 48.5 Å². The van der Waals surface area contributed by atoms with Crippen LogP contribution < -0.4 is 5.73 Å². The van der Waals surface area contributed by atoms with Crippen molar-refractivity contribution in [1.82, 2.24) is 4.90 Å². The Morgan fingerprint density at radius 2 is 1.92 bits per heavy atom. The molecule has 25 heavy (non-hydrogen) atoms. The number of hydrogen-bond acceptors (Lipinski definition) is 3. The third kappa shape index (κ3) is 2.94. The van der Waals surface area contributed by atoms with Crippen LogP contribution in [-0.4, -0.2) is 36.1 Å². The lowest BCUT2D eigenvalue weighted by molar-refractivity contribution is -0.172. The van der Waals surface area contributed by atoms with E-state index in [9.17, 15) is 9.18 Å². The third-order valence-corrected chi connectivity index (χ3v) is 5.12. The van der Waals surface area contributed by atoms with Gasteiger partial charge in [0.25, 0.3) is 5.91 Å². The van der Waals surface area contributed by atoms with Crippen LogP contribution in [0.2, 0.25) is 0 Å². The maximum atomic E-state index is 13.4. The third-order valence-electron chi connectivity index (χ3n) is 5.12. The lowest BCUT2D eigenvalue weighted by Crippen LogP contribution is -2.54. The Hall–Kier alpha value is -2.24. The molecule has 0 aromatic heterocycles. The van der Waals surface area contributed by atoms with E-state index in [1.807, 2.05) is 23.1 Å². The standard InChI is InChI=1S/C20H21FN2O2/c21-15-7-5-14(6-8-15)19-17-4-2-1-3-13(17)9-10-23(19)20(24)18-11-16(12-22)25-18/h1-8,16,18-19H,9-12,22H2/t16-,18+,19-/m0/s1. The van der Waals surface area contributed by atoms with E-state index < -0.39 is 6.10 Å². The Balaban J connectivity index is 1.68. The summed E-state index contributed by atoms with van der Waals surface area (Å²) in [5.41, 5.74) is 8.83. The Morgan fingerprint density at radius 3 is 2.64 bits per heavy atom. The van der Waals surface area contributed by atoms with Crippen molar-refractivity contribution in [2.75, 3.05) is 13.1 Å². The molecule has 0 unspecified atom stereocenters. The van der Waals surface area contributed by atoms with Crippen LogP contribution in [0.1, 0.15) is 29.2 Å². The van der Waals surface area contributed by atoms with Gasteiger partial charge in [0.15, 0.2) is 0 Å². The lowest BCUT2D eigenvalue weighted by atomic mass is 9.87. The Bertz CT molecular complexity index is 772. The van der Waals surface area contributed by atoms with Crippen molar-refractivity contribution < 1.29 is 13.9 Å². The van der Waals surface area contributed by atoms with Crippen LogP contribution in [0.25, 0.3) is 0 Å². The number of ether oxygens (including phenoxy) is 1. The number of benzene rings is 2. The molecule has 3 atom stereocenters. The first-order valence-electron chi connectivity index (χ1n) is 8.66. The van der Waals surface area contributed by atoms with E-state index in [0.29, 0.717) is 19.5 Å². The zero-order valence-electron chi connectivity index (χ0n) is 13.9. The molecule has 0 spiro atoms. The molecule has 2 aliphatic heterocycles. The summed E-state index contributed by atoms with van der Waals surface area (Å²) in [6, 6.07) is 14.3. The zero-order chi connectivity index (χ0) is 17.4. The lowest BCUT2D eigenvalue weighted by Gasteiger charge is -2.43. The van der Waals surface area contributed by atoms with Gasteiger partial charge in [-0.05, 0) is 35.2 Å². The Morgan fingerprint density at radius 1 is 1.20 bits per heavy atom. The highest BCUT2D eigenvalue weighted by molar-refractivity contribution is 5.83. The molecule has 0 aliphatic carbocycles. The summed E-state index contributed by atoms with van der Waals surface area (Å²) in [4.78, 5) is 14.9. The fraction of sp³-hybridized carbons (Fsp3) is 0.350. The molecule has 2 aliphatic rings. The number of nitrogens with two attached hydrogens (primary N) is 1. The van der Waals surface area contributed by atoms with E-state index >= 15 is 0 Å². The van der Waals surface area contributed by atoms with Crippen molar-refractivity contribution in [3.8, 4) is 0 Å². The van der Waals surface area contributed by atoms with Crippen LogP contribution in [0.5, 0.6) is 0 Å². The van der Waals surface area contributed by atoms with Crippen molar-refractivity contribution in [3.05, 3.63) is 71.0 Å². The molecule has 5 heteroatoms. The number of nitrogens with zero attached hydrogens (tertiary/aromatic N) is 1. The summed E-state index contributed by atoms with van der Waals surface area (Å²) < 4.78 is 19.0. The Labute approximate surface area is 146 Å². The van der Waals surface area contributed by atoms with Crippen LogP contribution >= 0.6 is 0 Å². The van der Waals surface area contributed by atoms with Gasteiger partial charge < -0.3 is 15.4 Å². The quantitative estimate of drug-likeness (QED) is 0.934. The molecule has 0 radical (unpaired) electrons. The second-order valence-corrected chi connectivity index (χ2v) is 6.65. The van der Waals surface area contributed by atoms with E-state index in [2.05, 4.69) is 6.07 Å². The van der Waals surface area contributed by atoms with Gasteiger partial charge in [-0.3, -0.25) is 4.79 Å². The number of fused-ring (bicyclic) bond motifs is 1. The van der Waals surface area contributed by atoms with Crippen molar-refractivity contribution >= 4 is 5.91 Å². The first-order chi connectivity index (χ1) is 12.2. The molecular weight excluding hydrogens is 319 g/mol. The van der Waals surface area contributed by atoms with E-state index in [1.54, 1.807) is 12.1 Å². The van der Waals surface area contributed by atoms with Crippen molar-refractivity contribution in [3.63, 3.8) is 0 Å². The van der Waals surface area contributed by atoms with Crippen molar-refractivity contribution in [2.45, 2.75) is 31.1 Å². The molecule has 2 aromatic carbocycles. The molecule has 4 rings (SSSR count). The predicted molar refractivity (Wildman–Crippen MR) is 92.4 cm³/mol. The molecule has 4 nitrogen and oxygen atoms in total. The van der Waals surface area contributed by atoms with Crippen LogP contribution in [0, 0.1) is 5.82 Å². The summed E-state index contributed by atoms with van der Waals surface area (Å²) in [7, 11) is 0. The molecule has 2 heterocycles. The van der Waals surface area contributed by atoms with E-state index in [-0.39, 0.29) is 23.9 Å². The van der Waals surface area contributed by atoms with Gasteiger partial charge in [0.05, 0.1) is 12.1 Å². The SMILES string of the molecule is NC[C@@H]1C[C@H](C(=O)N2CCc3ccccc3[C@@H]2c2ccc(F)cc2)O1. The monoisotopic (exact) mass is 340 g/mol. The average Bonchev–Trinajstić information content (AvgIpc) is 2.60. The van der Waals surface area contributed by atoms with Gasteiger partial charge in [-0.2, -0.15) is 0 Å². The highest BCUT2D eigenvalue weighted by Gasteiger charge is 2.41. The summed E-state index contributed by atoms with van der Waals surface area (Å²) in [5, 5.41) is 0. The van der Waals surface area contributed by atoms with Gasteiger partial charge in [0.2, 0.25) is 0 Å². The van der Waals surface area contributed by atoms with Crippen LogP contribution in [0.4, 0.5) is 4.39 Å². The van der Waals surface area contributed by atoms with Gasteiger partial charge in [0.1, 0.15) is 11.9 Å². The van der Waals surface area contributed by atoms with Gasteiger partial charge in [-0.15, -0.1) is 0 Å². The summed E-state index contributed by atoms with van der Waals surface area (Å²) in [6.07, 6.45) is 1.05. The fourth-order valence-corrected chi connectivity index (χ4v) is 3.76. The van der Waals surface area contributed by atoms with Gasteiger partial charge in [-0.25, -0.2) is 4.39 Å². The first kappa shape index (κ1) is 16.2. The fourth-order valence-electron chi connectivity index (χ4n) is 3.76. The molecule has 130 valence electrons. The molecule has 1 fully saturated rings. The van der Waals surface area contributed by atoms with Gasteiger partial charge in [-0.1, -0.05) is 36.4 Å². The largest absolute Gasteiger partial charge is 0.364 e. The minimum atomic E-state index is -0.415. The van der Waals surface area contributed by atoms with E-state index in [0.717, 1.165) is 17.5 Å². The summed E-state index contributed by atoms with van der Waals surface area (Å²) >= 11 is 0. The van der Waals surface area contributed by atoms with Gasteiger partial charge in [0, 0.05) is 19.5 Å². The van der Waals surface area contributed by atoms with E-state index in [4.69, 9.17) is 10.5 Å². The number of halogens is 1. The Kier molecular flexibility index (Phi) is 4.27.